The number of carbonyl (C=O) groups is 1. The highest BCUT2D eigenvalue weighted by Gasteiger charge is 2.26. The highest BCUT2D eigenvalue weighted by Crippen LogP contribution is 2.11. The van der Waals surface area contributed by atoms with E-state index in [1.54, 1.807) is 5.01 Å². The molecule has 3 aromatic rings. The van der Waals surface area contributed by atoms with Crippen molar-refractivity contribution in [3.8, 4) is 0 Å². The molecule has 0 bridgehead atoms. The second-order valence-corrected chi connectivity index (χ2v) is 6.98. The molecule has 0 aliphatic carbocycles. The minimum Gasteiger partial charge on any atom is -0.348 e. The van der Waals surface area contributed by atoms with Crippen LogP contribution < -0.4 is 10.6 Å². The molecule has 1 unspecified atom stereocenters. The van der Waals surface area contributed by atoms with E-state index in [0.29, 0.717) is 19.6 Å². The van der Waals surface area contributed by atoms with E-state index in [-0.39, 0.29) is 18.1 Å². The zero-order valence-corrected chi connectivity index (χ0v) is 16.4. The van der Waals surface area contributed by atoms with Gasteiger partial charge in [0.1, 0.15) is 11.6 Å². The molecule has 1 aliphatic heterocycles. The first-order valence-electron chi connectivity index (χ1n) is 9.86. The van der Waals surface area contributed by atoms with Crippen molar-refractivity contribution in [3.63, 3.8) is 0 Å². The molecule has 0 saturated heterocycles. The lowest BCUT2D eigenvalue weighted by molar-refractivity contribution is -0.122. The first kappa shape index (κ1) is 19.9. The average molecular weight is 410 g/mol. The summed E-state index contributed by atoms with van der Waals surface area (Å²) in [6.45, 7) is 2.57. The number of aromatic amines is 1. The molecular formula is C20H23FN8O. The molecule has 30 heavy (non-hydrogen) atoms. The number of pyridine rings is 1. The van der Waals surface area contributed by atoms with Crippen LogP contribution in [0.15, 0.2) is 52.9 Å². The number of carbonyl (C=O) groups excluding carboxylic acids is 1. The minimum absolute atomic E-state index is 0.0286. The largest absolute Gasteiger partial charge is 0.348 e. The average Bonchev–Trinajstić information content (AvgIpc) is 3.39. The van der Waals surface area contributed by atoms with Crippen LogP contribution >= 0.6 is 0 Å². The van der Waals surface area contributed by atoms with Crippen LogP contribution in [0.4, 0.5) is 4.39 Å². The van der Waals surface area contributed by atoms with Crippen molar-refractivity contribution < 1.29 is 9.18 Å². The van der Waals surface area contributed by atoms with Gasteiger partial charge in [0.25, 0.3) is 0 Å². The number of aromatic nitrogens is 3. The van der Waals surface area contributed by atoms with E-state index in [9.17, 15) is 9.18 Å². The molecule has 1 aromatic carbocycles. The number of amides is 1. The maximum Gasteiger partial charge on any atom is 0.249 e. The van der Waals surface area contributed by atoms with Gasteiger partial charge in [-0.1, -0.05) is 17.4 Å². The smallest absolute Gasteiger partial charge is 0.249 e. The van der Waals surface area contributed by atoms with Crippen LogP contribution in [0.25, 0.3) is 11.0 Å². The SMILES string of the molecule is O=C(NCc1ncccc1F)C1CN(CCNCCc2nc3ccccc3[nH]2)N=N1. The number of H-pyrrole nitrogens is 1. The van der Waals surface area contributed by atoms with E-state index in [1.807, 2.05) is 24.3 Å². The summed E-state index contributed by atoms with van der Waals surface area (Å²) in [6.07, 6.45) is 2.29. The lowest BCUT2D eigenvalue weighted by Gasteiger charge is -2.14. The van der Waals surface area contributed by atoms with Crippen LogP contribution in [0.3, 0.4) is 0 Å². The molecule has 0 saturated carbocycles. The van der Waals surface area contributed by atoms with Crippen molar-refractivity contribution in [2.75, 3.05) is 26.2 Å². The van der Waals surface area contributed by atoms with Crippen LogP contribution in [0, 0.1) is 5.82 Å². The van der Waals surface area contributed by atoms with Crippen LogP contribution in [0.2, 0.25) is 0 Å². The minimum atomic E-state index is -0.590. The Bertz CT molecular complexity index is 1000. The lowest BCUT2D eigenvalue weighted by Crippen LogP contribution is -2.38. The van der Waals surface area contributed by atoms with Gasteiger partial charge >= 0.3 is 0 Å². The first-order valence-corrected chi connectivity index (χ1v) is 9.86. The van der Waals surface area contributed by atoms with Crippen molar-refractivity contribution in [1.82, 2.24) is 30.6 Å². The number of nitrogens with zero attached hydrogens (tertiary/aromatic N) is 5. The number of benzene rings is 1. The normalized spacial score (nSPS) is 15.8. The number of rotatable bonds is 9. The molecule has 9 nitrogen and oxygen atoms in total. The van der Waals surface area contributed by atoms with Gasteiger partial charge < -0.3 is 15.6 Å². The number of hydrogen-bond donors (Lipinski definition) is 3. The zero-order chi connectivity index (χ0) is 20.8. The Hall–Kier alpha value is -3.40. The fourth-order valence-electron chi connectivity index (χ4n) is 3.18. The topological polar surface area (TPSA) is 111 Å². The summed E-state index contributed by atoms with van der Waals surface area (Å²) in [5.41, 5.74) is 2.21. The van der Waals surface area contributed by atoms with Gasteiger partial charge in [-0.05, 0) is 24.3 Å². The third-order valence-corrected chi connectivity index (χ3v) is 4.79. The third-order valence-electron chi connectivity index (χ3n) is 4.79. The quantitative estimate of drug-likeness (QED) is 0.464. The number of halogens is 1. The Kier molecular flexibility index (Phi) is 6.23. The second kappa shape index (κ2) is 9.40. The van der Waals surface area contributed by atoms with Crippen LogP contribution in [0.1, 0.15) is 11.5 Å². The summed E-state index contributed by atoms with van der Waals surface area (Å²) in [6, 6.07) is 10.2. The van der Waals surface area contributed by atoms with Gasteiger partial charge in [0.2, 0.25) is 5.91 Å². The Morgan fingerprint density at radius 1 is 1.23 bits per heavy atom. The van der Waals surface area contributed by atoms with Crippen molar-refractivity contribution >= 4 is 16.9 Å². The van der Waals surface area contributed by atoms with Crippen molar-refractivity contribution in [2.45, 2.75) is 19.0 Å². The molecular weight excluding hydrogens is 387 g/mol. The molecule has 1 atom stereocenters. The van der Waals surface area contributed by atoms with Crippen LogP contribution in [0.5, 0.6) is 0 Å². The summed E-state index contributed by atoms with van der Waals surface area (Å²) in [5.74, 6) is 0.219. The summed E-state index contributed by atoms with van der Waals surface area (Å²) in [5, 5.41) is 15.8. The van der Waals surface area contributed by atoms with Crippen molar-refractivity contribution in [3.05, 3.63) is 59.9 Å². The van der Waals surface area contributed by atoms with E-state index in [0.717, 1.165) is 29.8 Å². The summed E-state index contributed by atoms with van der Waals surface area (Å²) < 4.78 is 13.6. The lowest BCUT2D eigenvalue weighted by atomic mass is 10.2. The first-order chi connectivity index (χ1) is 14.7. The van der Waals surface area contributed by atoms with Gasteiger partial charge in [0.15, 0.2) is 6.04 Å². The molecule has 3 heterocycles. The molecule has 0 fully saturated rings. The Balaban J connectivity index is 1.13. The van der Waals surface area contributed by atoms with Gasteiger partial charge in [-0.15, -0.1) is 0 Å². The summed E-state index contributed by atoms with van der Waals surface area (Å²) in [4.78, 5) is 24.0. The monoisotopic (exact) mass is 410 g/mol. The molecule has 1 amide bonds. The maximum absolute atomic E-state index is 13.6. The number of hydrogen-bond acceptors (Lipinski definition) is 7. The fourth-order valence-corrected chi connectivity index (χ4v) is 3.18. The molecule has 156 valence electrons. The number of para-hydroxylation sites is 2. The van der Waals surface area contributed by atoms with Crippen LogP contribution in [-0.4, -0.2) is 58.1 Å². The molecule has 0 radical (unpaired) electrons. The molecule has 4 rings (SSSR count). The summed E-state index contributed by atoms with van der Waals surface area (Å²) >= 11 is 0. The number of imidazole rings is 1. The van der Waals surface area contributed by atoms with Gasteiger partial charge in [0, 0.05) is 25.7 Å². The molecule has 0 spiro atoms. The predicted molar refractivity (Wildman–Crippen MR) is 109 cm³/mol. The van der Waals surface area contributed by atoms with E-state index < -0.39 is 11.9 Å². The molecule has 3 N–H and O–H groups in total. The van der Waals surface area contributed by atoms with Crippen LogP contribution in [-0.2, 0) is 17.8 Å². The van der Waals surface area contributed by atoms with E-state index >= 15 is 0 Å². The van der Waals surface area contributed by atoms with E-state index in [4.69, 9.17) is 0 Å². The van der Waals surface area contributed by atoms with Gasteiger partial charge in [0.05, 0.1) is 36.4 Å². The van der Waals surface area contributed by atoms with E-state index in [1.165, 1.54) is 18.3 Å². The van der Waals surface area contributed by atoms with E-state index in [2.05, 4.69) is 35.9 Å². The predicted octanol–water partition coefficient (Wildman–Crippen LogP) is 1.60. The Labute approximate surface area is 172 Å². The van der Waals surface area contributed by atoms with Gasteiger partial charge in [-0.3, -0.25) is 14.8 Å². The standard InChI is InChI=1S/C20H23FN8O/c21-14-4-3-8-23-17(14)12-24-20(30)18-13-29(28-27-18)11-10-22-9-7-19-25-15-5-1-2-6-16(15)26-19/h1-6,8,18,22H,7,9-13H2,(H,24,30)(H,25,26). The maximum atomic E-state index is 13.6. The third kappa shape index (κ3) is 4.95. The van der Waals surface area contributed by atoms with Gasteiger partial charge in [-0.2, -0.15) is 5.11 Å². The highest BCUT2D eigenvalue weighted by molar-refractivity contribution is 5.82. The molecule has 10 heteroatoms. The second-order valence-electron chi connectivity index (χ2n) is 6.98. The molecule has 2 aromatic heterocycles. The summed E-state index contributed by atoms with van der Waals surface area (Å²) in [7, 11) is 0. The Morgan fingerprint density at radius 2 is 2.13 bits per heavy atom. The van der Waals surface area contributed by atoms with Gasteiger partial charge in [-0.25, -0.2) is 9.37 Å². The molecule has 1 aliphatic rings. The van der Waals surface area contributed by atoms with Crippen molar-refractivity contribution in [1.29, 1.82) is 0 Å². The van der Waals surface area contributed by atoms with Crippen molar-refractivity contribution in [2.24, 2.45) is 10.3 Å². The number of nitrogens with one attached hydrogen (secondary N) is 3. The zero-order valence-electron chi connectivity index (χ0n) is 16.4. The Morgan fingerprint density at radius 3 is 3.00 bits per heavy atom. The highest BCUT2D eigenvalue weighted by atomic mass is 19.1. The fraction of sp³-hybridized carbons (Fsp3) is 0.350. The number of fused-ring (bicyclic) bond motifs is 1.